The molecule has 0 aliphatic carbocycles. The second-order valence-electron chi connectivity index (χ2n) is 6.30. The molecular formula is C19H19BrN2O2S2. The van der Waals surface area contributed by atoms with Crippen LogP contribution in [0, 0.1) is 5.92 Å². The van der Waals surface area contributed by atoms with Crippen LogP contribution in [0.25, 0.3) is 21.3 Å². The van der Waals surface area contributed by atoms with Crippen LogP contribution in [0.2, 0.25) is 0 Å². The van der Waals surface area contributed by atoms with E-state index >= 15 is 0 Å². The van der Waals surface area contributed by atoms with Crippen LogP contribution < -0.4 is 0 Å². The molecule has 136 valence electrons. The fraction of sp³-hybridized carbons (Fsp3) is 0.316. The Balaban J connectivity index is 1.90. The number of nitrogens with zero attached hydrogens (tertiary/aromatic N) is 2. The minimum absolute atomic E-state index is 0.212. The number of carbonyl (C=O) groups excluding carboxylic acids is 1. The smallest absolute Gasteiger partial charge is 0.319 e. The maximum Gasteiger partial charge on any atom is 0.319 e. The molecule has 3 aromatic rings. The third kappa shape index (κ3) is 4.45. The summed E-state index contributed by atoms with van der Waals surface area (Å²) in [5.41, 5.74) is 2.19. The number of thiophene rings is 1. The fourth-order valence-corrected chi connectivity index (χ4v) is 4.54. The van der Waals surface area contributed by atoms with Crippen molar-refractivity contribution < 1.29 is 9.53 Å². The molecule has 0 saturated carbocycles. The van der Waals surface area contributed by atoms with Gasteiger partial charge in [-0.2, -0.15) is 0 Å². The van der Waals surface area contributed by atoms with E-state index in [9.17, 15) is 4.79 Å². The molecule has 0 aliphatic rings. The SMILES string of the molecule is CC(C)COC(=O)C(C)Sc1ncnc2scc(-c3ccc(Br)cc3)c12. The summed E-state index contributed by atoms with van der Waals surface area (Å²) >= 11 is 6.47. The molecule has 0 amide bonds. The van der Waals surface area contributed by atoms with Crippen LogP contribution in [-0.2, 0) is 9.53 Å². The van der Waals surface area contributed by atoms with Crippen LogP contribution in [0.3, 0.4) is 0 Å². The maximum absolute atomic E-state index is 12.2. The summed E-state index contributed by atoms with van der Waals surface area (Å²) in [6.45, 7) is 6.34. The second kappa shape index (κ2) is 8.50. The number of halogens is 1. The van der Waals surface area contributed by atoms with Gasteiger partial charge >= 0.3 is 5.97 Å². The molecule has 1 atom stereocenters. The van der Waals surface area contributed by atoms with E-state index < -0.39 is 0 Å². The van der Waals surface area contributed by atoms with Crippen LogP contribution in [0.15, 0.2) is 45.5 Å². The summed E-state index contributed by atoms with van der Waals surface area (Å²) in [6, 6.07) is 8.16. The minimum Gasteiger partial charge on any atom is -0.465 e. The summed E-state index contributed by atoms with van der Waals surface area (Å²) in [7, 11) is 0. The third-order valence-electron chi connectivity index (χ3n) is 3.67. The van der Waals surface area contributed by atoms with Gasteiger partial charge in [0.05, 0.1) is 12.0 Å². The normalized spacial score (nSPS) is 12.5. The van der Waals surface area contributed by atoms with Crippen molar-refractivity contribution in [3.8, 4) is 11.1 Å². The Kier molecular flexibility index (Phi) is 6.32. The molecule has 4 nitrogen and oxygen atoms in total. The summed E-state index contributed by atoms with van der Waals surface area (Å²) in [5, 5.41) is 3.56. The van der Waals surface area contributed by atoms with Crippen molar-refractivity contribution in [1.82, 2.24) is 9.97 Å². The fourth-order valence-electron chi connectivity index (χ4n) is 2.36. The number of ether oxygens (including phenoxy) is 1. The average Bonchev–Trinajstić information content (AvgIpc) is 3.05. The van der Waals surface area contributed by atoms with Crippen LogP contribution >= 0.6 is 39.0 Å². The van der Waals surface area contributed by atoms with Crippen molar-refractivity contribution in [3.05, 3.63) is 40.4 Å². The van der Waals surface area contributed by atoms with E-state index in [1.807, 2.05) is 32.9 Å². The quantitative estimate of drug-likeness (QED) is 0.269. The molecule has 0 saturated heterocycles. The van der Waals surface area contributed by atoms with E-state index in [1.165, 1.54) is 11.8 Å². The van der Waals surface area contributed by atoms with Gasteiger partial charge in [-0.15, -0.1) is 11.3 Å². The topological polar surface area (TPSA) is 52.1 Å². The van der Waals surface area contributed by atoms with Gasteiger partial charge in [0, 0.05) is 15.4 Å². The zero-order valence-electron chi connectivity index (χ0n) is 14.7. The number of hydrogen-bond acceptors (Lipinski definition) is 6. The predicted molar refractivity (Wildman–Crippen MR) is 112 cm³/mol. The lowest BCUT2D eigenvalue weighted by atomic mass is 10.1. The first-order chi connectivity index (χ1) is 12.5. The lowest BCUT2D eigenvalue weighted by molar-refractivity contribution is -0.143. The van der Waals surface area contributed by atoms with Crippen molar-refractivity contribution >= 4 is 55.2 Å². The molecule has 0 spiro atoms. The van der Waals surface area contributed by atoms with Gasteiger partial charge in [0.15, 0.2) is 0 Å². The standard InChI is InChI=1S/C19H19BrN2O2S2/c1-11(2)8-24-19(23)12(3)26-18-16-15(9-25-17(16)21-10-22-18)13-4-6-14(20)7-5-13/h4-7,9-12H,8H2,1-3H3. The Morgan fingerprint density at radius 2 is 1.96 bits per heavy atom. The number of esters is 1. The molecule has 0 fully saturated rings. The summed E-state index contributed by atoms with van der Waals surface area (Å²) in [6.07, 6.45) is 1.55. The highest BCUT2D eigenvalue weighted by molar-refractivity contribution is 9.10. The highest BCUT2D eigenvalue weighted by Gasteiger charge is 2.21. The molecule has 0 bridgehead atoms. The van der Waals surface area contributed by atoms with Crippen molar-refractivity contribution in [2.24, 2.45) is 5.92 Å². The van der Waals surface area contributed by atoms with E-state index in [4.69, 9.17) is 4.74 Å². The Morgan fingerprint density at radius 3 is 2.65 bits per heavy atom. The van der Waals surface area contributed by atoms with E-state index in [0.29, 0.717) is 12.5 Å². The number of rotatable bonds is 6. The molecule has 2 aromatic heterocycles. The first kappa shape index (κ1) is 19.3. The lowest BCUT2D eigenvalue weighted by Crippen LogP contribution is -2.19. The lowest BCUT2D eigenvalue weighted by Gasteiger charge is -2.13. The Labute approximate surface area is 169 Å². The van der Waals surface area contributed by atoms with Crippen molar-refractivity contribution in [1.29, 1.82) is 0 Å². The molecule has 2 heterocycles. The molecule has 0 aliphatic heterocycles. The zero-order chi connectivity index (χ0) is 18.7. The number of benzene rings is 1. The van der Waals surface area contributed by atoms with Crippen LogP contribution in [-0.4, -0.2) is 27.8 Å². The molecule has 7 heteroatoms. The van der Waals surface area contributed by atoms with E-state index in [1.54, 1.807) is 17.7 Å². The van der Waals surface area contributed by atoms with Crippen LogP contribution in [0.4, 0.5) is 0 Å². The average molecular weight is 451 g/mol. The highest BCUT2D eigenvalue weighted by Crippen LogP contribution is 2.39. The minimum atomic E-state index is -0.329. The highest BCUT2D eigenvalue weighted by atomic mass is 79.9. The van der Waals surface area contributed by atoms with Crippen molar-refractivity contribution in [3.63, 3.8) is 0 Å². The van der Waals surface area contributed by atoms with Gasteiger partial charge in [-0.3, -0.25) is 4.79 Å². The monoisotopic (exact) mass is 450 g/mol. The molecule has 0 radical (unpaired) electrons. The molecular weight excluding hydrogens is 432 g/mol. The maximum atomic E-state index is 12.2. The van der Waals surface area contributed by atoms with Gasteiger partial charge in [0.25, 0.3) is 0 Å². The molecule has 0 N–H and O–H groups in total. The number of carbonyl (C=O) groups is 1. The van der Waals surface area contributed by atoms with Gasteiger partial charge < -0.3 is 4.74 Å². The summed E-state index contributed by atoms with van der Waals surface area (Å²) in [5.74, 6) is 0.110. The largest absolute Gasteiger partial charge is 0.465 e. The predicted octanol–water partition coefficient (Wildman–Crippen LogP) is 5.80. The first-order valence-electron chi connectivity index (χ1n) is 8.27. The zero-order valence-corrected chi connectivity index (χ0v) is 18.0. The van der Waals surface area contributed by atoms with E-state index in [0.717, 1.165) is 30.8 Å². The first-order valence-corrected chi connectivity index (χ1v) is 10.8. The summed E-state index contributed by atoms with van der Waals surface area (Å²) < 4.78 is 6.39. The van der Waals surface area contributed by atoms with E-state index in [-0.39, 0.29) is 11.2 Å². The van der Waals surface area contributed by atoms with Gasteiger partial charge in [-0.1, -0.05) is 53.7 Å². The van der Waals surface area contributed by atoms with Gasteiger partial charge in [-0.05, 0) is 30.5 Å². The van der Waals surface area contributed by atoms with Gasteiger partial charge in [-0.25, -0.2) is 9.97 Å². The van der Waals surface area contributed by atoms with Gasteiger partial charge in [0.1, 0.15) is 21.4 Å². The number of aromatic nitrogens is 2. The van der Waals surface area contributed by atoms with Crippen molar-refractivity contribution in [2.75, 3.05) is 6.61 Å². The number of hydrogen-bond donors (Lipinski definition) is 0. The Hall–Kier alpha value is -1.44. The molecule has 26 heavy (non-hydrogen) atoms. The molecule has 1 unspecified atom stereocenters. The van der Waals surface area contributed by atoms with Gasteiger partial charge in [0.2, 0.25) is 0 Å². The van der Waals surface area contributed by atoms with Crippen molar-refractivity contribution in [2.45, 2.75) is 31.0 Å². The molecule has 3 rings (SSSR count). The Morgan fingerprint density at radius 1 is 1.23 bits per heavy atom. The third-order valence-corrected chi connectivity index (χ3v) is 6.16. The summed E-state index contributed by atoms with van der Waals surface area (Å²) in [4.78, 5) is 22.0. The Bertz CT molecular complexity index is 910. The van der Waals surface area contributed by atoms with E-state index in [2.05, 4.69) is 43.4 Å². The second-order valence-corrected chi connectivity index (χ2v) is 9.40. The number of fused-ring (bicyclic) bond motifs is 1. The number of thioether (sulfide) groups is 1. The molecule has 1 aromatic carbocycles. The van der Waals surface area contributed by atoms with Crippen LogP contribution in [0.5, 0.6) is 0 Å². The van der Waals surface area contributed by atoms with Crippen LogP contribution in [0.1, 0.15) is 20.8 Å².